The first-order valence-corrected chi connectivity index (χ1v) is 9.56. The molecule has 0 heterocycles. The van der Waals surface area contributed by atoms with Crippen molar-refractivity contribution in [1.82, 2.24) is 5.32 Å². The molecule has 3 aliphatic carbocycles. The van der Waals surface area contributed by atoms with Crippen molar-refractivity contribution in [2.45, 2.75) is 77.7 Å². The van der Waals surface area contributed by atoms with Gasteiger partial charge in [-0.25, -0.2) is 0 Å². The SMILES string of the molecule is CC1(C)[C@@H]2CC[C@H](C2)[C@@]1(C)NC(=O)C[NH2+]CC1CCCCC1. The number of fused-ring (bicyclic) bond motifs is 2. The van der Waals surface area contributed by atoms with Crippen molar-refractivity contribution < 1.29 is 10.1 Å². The lowest BCUT2D eigenvalue weighted by atomic mass is 9.64. The third-order valence-corrected chi connectivity index (χ3v) is 7.56. The van der Waals surface area contributed by atoms with E-state index in [1.54, 1.807) is 0 Å². The van der Waals surface area contributed by atoms with Gasteiger partial charge in [0.1, 0.15) is 0 Å². The van der Waals surface area contributed by atoms with Crippen molar-refractivity contribution in [2.75, 3.05) is 13.1 Å². The van der Waals surface area contributed by atoms with Crippen molar-refractivity contribution in [1.29, 1.82) is 0 Å². The topological polar surface area (TPSA) is 45.7 Å². The van der Waals surface area contributed by atoms with Crippen LogP contribution in [0.2, 0.25) is 0 Å². The van der Waals surface area contributed by atoms with Gasteiger partial charge in [0.2, 0.25) is 0 Å². The van der Waals surface area contributed by atoms with Crippen LogP contribution < -0.4 is 10.6 Å². The van der Waals surface area contributed by atoms with Crippen LogP contribution in [0.1, 0.15) is 72.1 Å². The maximum Gasteiger partial charge on any atom is 0.275 e. The van der Waals surface area contributed by atoms with E-state index in [-0.39, 0.29) is 16.9 Å². The van der Waals surface area contributed by atoms with E-state index in [0.29, 0.717) is 12.5 Å². The Bertz CT molecular complexity index is 414. The maximum atomic E-state index is 12.5. The predicted molar refractivity (Wildman–Crippen MR) is 89.4 cm³/mol. The first-order chi connectivity index (χ1) is 10.4. The zero-order valence-electron chi connectivity index (χ0n) is 14.8. The Morgan fingerprint density at radius 1 is 1.05 bits per heavy atom. The molecule has 3 aliphatic rings. The minimum atomic E-state index is 0.00563. The Labute approximate surface area is 136 Å². The molecule has 0 unspecified atom stereocenters. The molecule has 0 spiro atoms. The summed E-state index contributed by atoms with van der Waals surface area (Å²) in [5, 5.41) is 5.69. The zero-order valence-corrected chi connectivity index (χ0v) is 14.8. The molecule has 3 nitrogen and oxygen atoms in total. The standard InChI is InChI=1S/C19H34N2O/c1-18(2)15-9-10-16(11-15)19(18,3)21-17(22)13-20-12-14-7-5-4-6-8-14/h14-16,20H,4-13H2,1-3H3,(H,21,22)/p+1/t15-,16-,19-/m1/s1. The highest BCUT2D eigenvalue weighted by atomic mass is 16.2. The van der Waals surface area contributed by atoms with E-state index in [1.807, 2.05) is 0 Å². The second-order valence-electron chi connectivity index (χ2n) is 8.91. The summed E-state index contributed by atoms with van der Waals surface area (Å²) in [7, 11) is 0. The number of rotatable bonds is 5. The van der Waals surface area contributed by atoms with Crippen LogP contribution in [-0.2, 0) is 4.79 Å². The Kier molecular flexibility index (Phi) is 4.55. The van der Waals surface area contributed by atoms with Gasteiger partial charge >= 0.3 is 0 Å². The van der Waals surface area contributed by atoms with E-state index in [4.69, 9.17) is 0 Å². The number of quaternary nitrogens is 1. The van der Waals surface area contributed by atoms with E-state index < -0.39 is 0 Å². The van der Waals surface area contributed by atoms with Gasteiger partial charge in [-0.1, -0.05) is 33.1 Å². The summed E-state index contributed by atoms with van der Waals surface area (Å²) in [6.07, 6.45) is 10.9. The molecule has 3 rings (SSSR count). The largest absolute Gasteiger partial charge is 0.345 e. The highest BCUT2D eigenvalue weighted by molar-refractivity contribution is 5.77. The van der Waals surface area contributed by atoms with Crippen LogP contribution in [0.3, 0.4) is 0 Å². The summed E-state index contributed by atoms with van der Waals surface area (Å²) in [4.78, 5) is 12.5. The van der Waals surface area contributed by atoms with Crippen LogP contribution in [0, 0.1) is 23.2 Å². The van der Waals surface area contributed by atoms with E-state index in [2.05, 4.69) is 31.4 Å². The van der Waals surface area contributed by atoms with Crippen molar-refractivity contribution in [3.8, 4) is 0 Å². The second-order valence-corrected chi connectivity index (χ2v) is 8.91. The molecule has 0 aromatic heterocycles. The molecule has 0 aliphatic heterocycles. The summed E-state index contributed by atoms with van der Waals surface area (Å²) in [6.45, 7) is 8.78. The fraction of sp³-hybridized carbons (Fsp3) is 0.947. The molecule has 3 heteroatoms. The van der Waals surface area contributed by atoms with Gasteiger partial charge in [-0.15, -0.1) is 0 Å². The van der Waals surface area contributed by atoms with Gasteiger partial charge in [-0.3, -0.25) is 4.79 Å². The van der Waals surface area contributed by atoms with Crippen LogP contribution in [0.15, 0.2) is 0 Å². The van der Waals surface area contributed by atoms with Gasteiger partial charge in [0, 0.05) is 11.5 Å². The van der Waals surface area contributed by atoms with Crippen molar-refractivity contribution in [3.63, 3.8) is 0 Å². The number of amides is 1. The Hall–Kier alpha value is -0.570. The molecule has 3 saturated carbocycles. The van der Waals surface area contributed by atoms with Crippen LogP contribution in [0.4, 0.5) is 0 Å². The van der Waals surface area contributed by atoms with Crippen molar-refractivity contribution >= 4 is 5.91 Å². The van der Waals surface area contributed by atoms with Gasteiger partial charge in [0.25, 0.3) is 5.91 Å². The van der Waals surface area contributed by atoms with Gasteiger partial charge in [-0.2, -0.15) is 0 Å². The number of hydrogen-bond acceptors (Lipinski definition) is 1. The number of carbonyl (C=O) groups is 1. The lowest BCUT2D eigenvalue weighted by Gasteiger charge is -2.48. The third-order valence-electron chi connectivity index (χ3n) is 7.56. The number of nitrogens with two attached hydrogens (primary N) is 1. The predicted octanol–water partition coefficient (Wildman–Crippen LogP) is 2.46. The lowest BCUT2D eigenvalue weighted by molar-refractivity contribution is -0.650. The third kappa shape index (κ3) is 2.81. The van der Waals surface area contributed by atoms with Gasteiger partial charge in [-0.05, 0) is 56.3 Å². The number of nitrogens with one attached hydrogen (secondary N) is 1. The van der Waals surface area contributed by atoms with Gasteiger partial charge in [0.15, 0.2) is 6.54 Å². The molecule has 0 saturated heterocycles. The van der Waals surface area contributed by atoms with Crippen molar-refractivity contribution in [3.05, 3.63) is 0 Å². The van der Waals surface area contributed by atoms with E-state index in [9.17, 15) is 4.79 Å². The fourth-order valence-corrected chi connectivity index (χ4v) is 5.59. The summed E-state index contributed by atoms with van der Waals surface area (Å²) < 4.78 is 0. The fourth-order valence-electron chi connectivity index (χ4n) is 5.59. The first kappa shape index (κ1) is 16.3. The summed E-state index contributed by atoms with van der Waals surface area (Å²) >= 11 is 0. The normalized spacial score (nSPS) is 37.4. The van der Waals surface area contributed by atoms with E-state index in [0.717, 1.165) is 18.4 Å². The second kappa shape index (κ2) is 6.14. The molecule has 0 aromatic carbocycles. The highest BCUT2D eigenvalue weighted by Gasteiger charge is 2.60. The monoisotopic (exact) mass is 307 g/mol. The van der Waals surface area contributed by atoms with Crippen LogP contribution in [0.5, 0.6) is 0 Å². The molecule has 22 heavy (non-hydrogen) atoms. The summed E-state index contributed by atoms with van der Waals surface area (Å²) in [5.41, 5.74) is 0.251. The molecule has 3 atom stereocenters. The molecule has 3 N–H and O–H groups in total. The van der Waals surface area contributed by atoms with Crippen LogP contribution in [-0.4, -0.2) is 24.5 Å². The average Bonchev–Trinajstić information content (AvgIpc) is 3.03. The molecule has 1 amide bonds. The summed E-state index contributed by atoms with van der Waals surface area (Å²) in [6, 6.07) is 0. The molecular weight excluding hydrogens is 272 g/mol. The maximum absolute atomic E-state index is 12.5. The molecule has 2 bridgehead atoms. The highest BCUT2D eigenvalue weighted by Crippen LogP contribution is 2.61. The number of hydrogen-bond donors (Lipinski definition) is 2. The van der Waals surface area contributed by atoms with Gasteiger partial charge < -0.3 is 10.6 Å². The van der Waals surface area contributed by atoms with Crippen LogP contribution in [0.25, 0.3) is 0 Å². The first-order valence-electron chi connectivity index (χ1n) is 9.56. The van der Waals surface area contributed by atoms with E-state index in [1.165, 1.54) is 51.4 Å². The zero-order chi connectivity index (χ0) is 15.8. The van der Waals surface area contributed by atoms with Gasteiger partial charge in [0.05, 0.1) is 6.54 Å². The molecule has 126 valence electrons. The minimum absolute atomic E-state index is 0.00563. The summed E-state index contributed by atoms with van der Waals surface area (Å²) in [5.74, 6) is 2.58. The van der Waals surface area contributed by atoms with Crippen molar-refractivity contribution in [2.24, 2.45) is 23.2 Å². The Morgan fingerprint density at radius 3 is 2.36 bits per heavy atom. The number of carbonyl (C=O) groups excluding carboxylic acids is 1. The Balaban J connectivity index is 1.47. The lowest BCUT2D eigenvalue weighted by Crippen LogP contribution is -2.88. The van der Waals surface area contributed by atoms with Crippen LogP contribution >= 0.6 is 0 Å². The smallest absolute Gasteiger partial charge is 0.275 e. The Morgan fingerprint density at radius 2 is 1.73 bits per heavy atom. The molecular formula is C19H35N2O+. The molecule has 0 radical (unpaired) electrons. The quantitative estimate of drug-likeness (QED) is 0.805. The molecule has 3 fully saturated rings. The molecule has 0 aromatic rings. The van der Waals surface area contributed by atoms with E-state index >= 15 is 0 Å². The average molecular weight is 308 g/mol. The minimum Gasteiger partial charge on any atom is -0.345 e.